The molecule has 0 amide bonds. The fraction of sp³-hybridized carbons (Fsp3) is 0.100. The average molecular weight is 188 g/mol. The number of fused-ring (bicyclic) bond motifs is 3. The van der Waals surface area contributed by atoms with E-state index in [9.17, 15) is 0 Å². The highest BCUT2D eigenvalue weighted by atomic mass is 32.2. The second-order valence-electron chi connectivity index (χ2n) is 2.98. The van der Waals surface area contributed by atoms with Crippen molar-refractivity contribution in [1.29, 1.82) is 0 Å². The van der Waals surface area contributed by atoms with Crippen molar-refractivity contribution in [3.63, 3.8) is 0 Å². The van der Waals surface area contributed by atoms with Crippen LogP contribution in [0.4, 0.5) is 5.69 Å². The summed E-state index contributed by atoms with van der Waals surface area (Å²) in [5.41, 5.74) is 1.29. The van der Waals surface area contributed by atoms with E-state index >= 15 is 0 Å². The van der Waals surface area contributed by atoms with Crippen LogP contribution >= 0.6 is 11.8 Å². The van der Waals surface area contributed by atoms with Gasteiger partial charge < -0.3 is 4.90 Å². The molecule has 0 atom stereocenters. The van der Waals surface area contributed by atoms with Gasteiger partial charge in [0, 0.05) is 17.6 Å². The molecule has 0 unspecified atom stereocenters. The zero-order chi connectivity index (χ0) is 8.67. The molecule has 0 saturated heterocycles. The van der Waals surface area contributed by atoms with Gasteiger partial charge in [-0.3, -0.25) is 0 Å². The van der Waals surface area contributed by atoms with Gasteiger partial charge in [0.1, 0.15) is 0 Å². The molecule has 0 spiro atoms. The predicted octanol–water partition coefficient (Wildman–Crippen LogP) is 2.48. The molecular weight excluding hydrogens is 180 g/mol. The van der Waals surface area contributed by atoms with Crippen molar-refractivity contribution in [3.8, 4) is 0 Å². The number of anilines is 1. The summed E-state index contributed by atoms with van der Waals surface area (Å²) in [5, 5.41) is 1.10. The third-order valence-electron chi connectivity index (χ3n) is 2.17. The minimum Gasteiger partial charge on any atom is -0.316 e. The lowest BCUT2D eigenvalue weighted by molar-refractivity contribution is 1.11. The predicted molar refractivity (Wildman–Crippen MR) is 56.2 cm³/mol. The fourth-order valence-electron chi connectivity index (χ4n) is 1.56. The minimum absolute atomic E-state index is 0.947. The fourth-order valence-corrected chi connectivity index (χ4v) is 2.59. The molecule has 0 fully saturated rings. The number of thioether (sulfide) groups is 1. The second kappa shape index (κ2) is 2.64. The SMILES string of the molecule is C1=CN=C2Sc3ccccc3N2C1. The van der Waals surface area contributed by atoms with Crippen LogP contribution in [0.15, 0.2) is 46.4 Å². The van der Waals surface area contributed by atoms with E-state index in [1.165, 1.54) is 10.6 Å². The van der Waals surface area contributed by atoms with E-state index < -0.39 is 0 Å². The maximum atomic E-state index is 4.33. The van der Waals surface area contributed by atoms with Gasteiger partial charge in [0.05, 0.1) is 5.69 Å². The molecule has 0 N–H and O–H groups in total. The lowest BCUT2D eigenvalue weighted by Gasteiger charge is -2.18. The van der Waals surface area contributed by atoms with Gasteiger partial charge in [0.2, 0.25) is 0 Å². The van der Waals surface area contributed by atoms with Gasteiger partial charge in [-0.25, -0.2) is 4.99 Å². The molecule has 2 aliphatic heterocycles. The average Bonchev–Trinajstić information content (AvgIpc) is 2.56. The smallest absolute Gasteiger partial charge is 0.173 e. The number of rotatable bonds is 0. The van der Waals surface area contributed by atoms with Gasteiger partial charge in [-0.1, -0.05) is 12.1 Å². The Morgan fingerprint density at radius 3 is 3.23 bits per heavy atom. The van der Waals surface area contributed by atoms with Crippen LogP contribution in [0.3, 0.4) is 0 Å². The van der Waals surface area contributed by atoms with E-state index in [0.717, 1.165) is 11.7 Å². The van der Waals surface area contributed by atoms with Crippen molar-refractivity contribution in [3.05, 3.63) is 36.5 Å². The Bertz CT molecular complexity index is 409. The molecule has 0 radical (unpaired) electrons. The maximum Gasteiger partial charge on any atom is 0.173 e. The van der Waals surface area contributed by atoms with Gasteiger partial charge >= 0.3 is 0 Å². The van der Waals surface area contributed by atoms with E-state index in [2.05, 4.69) is 40.2 Å². The Morgan fingerprint density at radius 1 is 1.31 bits per heavy atom. The molecule has 13 heavy (non-hydrogen) atoms. The van der Waals surface area contributed by atoms with Crippen molar-refractivity contribution in [2.75, 3.05) is 11.4 Å². The van der Waals surface area contributed by atoms with Gasteiger partial charge in [-0.2, -0.15) is 0 Å². The molecule has 0 saturated carbocycles. The molecular formula is C10H8N2S. The van der Waals surface area contributed by atoms with Crippen molar-refractivity contribution in [2.24, 2.45) is 4.99 Å². The number of aliphatic imine (C=N–C) groups is 1. The highest BCUT2D eigenvalue weighted by molar-refractivity contribution is 8.14. The Labute approximate surface area is 81.0 Å². The van der Waals surface area contributed by atoms with Gasteiger partial charge in [0.25, 0.3) is 0 Å². The van der Waals surface area contributed by atoms with Crippen LogP contribution in [0.2, 0.25) is 0 Å². The van der Waals surface area contributed by atoms with Crippen LogP contribution in [-0.2, 0) is 0 Å². The van der Waals surface area contributed by atoms with E-state index in [4.69, 9.17) is 0 Å². The van der Waals surface area contributed by atoms with E-state index in [-0.39, 0.29) is 0 Å². The third kappa shape index (κ3) is 1.00. The number of para-hydroxylation sites is 1. The van der Waals surface area contributed by atoms with Crippen LogP contribution in [0.5, 0.6) is 0 Å². The lowest BCUT2D eigenvalue weighted by atomic mass is 10.3. The van der Waals surface area contributed by atoms with Gasteiger partial charge in [-0.15, -0.1) is 0 Å². The first-order valence-electron chi connectivity index (χ1n) is 4.22. The van der Waals surface area contributed by atoms with Crippen LogP contribution in [0, 0.1) is 0 Å². The summed E-state index contributed by atoms with van der Waals surface area (Å²) < 4.78 is 0. The summed E-state index contributed by atoms with van der Waals surface area (Å²) in [5.74, 6) is 0. The van der Waals surface area contributed by atoms with Crippen molar-refractivity contribution >= 4 is 22.6 Å². The van der Waals surface area contributed by atoms with E-state index in [1.54, 1.807) is 11.8 Å². The number of amidine groups is 1. The minimum atomic E-state index is 0.947. The highest BCUT2D eigenvalue weighted by Gasteiger charge is 2.25. The number of nitrogens with zero attached hydrogens (tertiary/aromatic N) is 2. The van der Waals surface area contributed by atoms with Gasteiger partial charge in [0.15, 0.2) is 5.17 Å². The monoisotopic (exact) mass is 188 g/mol. The van der Waals surface area contributed by atoms with Gasteiger partial charge in [-0.05, 0) is 30.0 Å². The molecule has 2 nitrogen and oxygen atoms in total. The van der Waals surface area contributed by atoms with Crippen LogP contribution in [-0.4, -0.2) is 11.7 Å². The maximum absolute atomic E-state index is 4.33. The first-order chi connectivity index (χ1) is 6.45. The zero-order valence-electron chi connectivity index (χ0n) is 6.97. The van der Waals surface area contributed by atoms with Crippen LogP contribution in [0.25, 0.3) is 0 Å². The normalized spacial score (nSPS) is 18.2. The summed E-state index contributed by atoms with van der Waals surface area (Å²) in [4.78, 5) is 7.88. The first-order valence-corrected chi connectivity index (χ1v) is 5.04. The number of benzene rings is 1. The number of hydrogen-bond donors (Lipinski definition) is 0. The molecule has 0 aromatic heterocycles. The molecule has 0 bridgehead atoms. The number of hydrogen-bond acceptors (Lipinski definition) is 3. The molecule has 2 heterocycles. The summed E-state index contributed by atoms with van der Waals surface area (Å²) in [6.07, 6.45) is 3.96. The Kier molecular flexibility index (Phi) is 1.46. The third-order valence-corrected chi connectivity index (χ3v) is 3.24. The first kappa shape index (κ1) is 7.21. The summed E-state index contributed by atoms with van der Waals surface area (Å²) in [6.45, 7) is 0.947. The summed E-state index contributed by atoms with van der Waals surface area (Å²) in [6, 6.07) is 8.42. The Balaban J connectivity index is 2.14. The molecule has 0 aliphatic carbocycles. The van der Waals surface area contributed by atoms with E-state index in [0.29, 0.717) is 0 Å². The Hall–Kier alpha value is -1.22. The zero-order valence-corrected chi connectivity index (χ0v) is 7.79. The van der Waals surface area contributed by atoms with E-state index in [1.807, 2.05) is 6.20 Å². The quantitative estimate of drug-likeness (QED) is 0.621. The summed E-state index contributed by atoms with van der Waals surface area (Å²) >= 11 is 1.74. The van der Waals surface area contributed by atoms with Crippen molar-refractivity contribution in [2.45, 2.75) is 4.90 Å². The molecule has 3 rings (SSSR count). The lowest BCUT2D eigenvalue weighted by Crippen LogP contribution is -2.26. The largest absolute Gasteiger partial charge is 0.316 e. The topological polar surface area (TPSA) is 15.6 Å². The second-order valence-corrected chi connectivity index (χ2v) is 3.99. The molecule has 3 heteroatoms. The van der Waals surface area contributed by atoms with Crippen LogP contribution in [0.1, 0.15) is 0 Å². The molecule has 64 valence electrons. The summed E-state index contributed by atoms with van der Waals surface area (Å²) in [7, 11) is 0. The van der Waals surface area contributed by atoms with Crippen molar-refractivity contribution in [1.82, 2.24) is 0 Å². The molecule has 1 aromatic rings. The standard InChI is InChI=1S/C10H8N2S/c1-2-5-9-8(4-1)12-7-3-6-11-10(12)13-9/h1-6H,7H2. The highest BCUT2D eigenvalue weighted by Crippen LogP contribution is 2.40. The van der Waals surface area contributed by atoms with Crippen LogP contribution < -0.4 is 4.90 Å². The Morgan fingerprint density at radius 2 is 2.23 bits per heavy atom. The molecule has 2 aliphatic rings. The molecule has 1 aromatic carbocycles. The van der Waals surface area contributed by atoms with Crippen molar-refractivity contribution < 1.29 is 0 Å².